The van der Waals surface area contributed by atoms with Crippen LogP contribution in [-0.2, 0) is 4.74 Å². The SMILES string of the molecule is CNC1CCOC(C)(CC(C)(C)C)C1. The van der Waals surface area contributed by atoms with Gasteiger partial charge in [0.15, 0.2) is 0 Å². The van der Waals surface area contributed by atoms with E-state index in [9.17, 15) is 0 Å². The van der Waals surface area contributed by atoms with Gasteiger partial charge in [-0.15, -0.1) is 0 Å². The van der Waals surface area contributed by atoms with Crippen LogP contribution in [0.4, 0.5) is 0 Å². The summed E-state index contributed by atoms with van der Waals surface area (Å²) in [6.45, 7) is 10.00. The Kier molecular flexibility index (Phi) is 3.59. The summed E-state index contributed by atoms with van der Waals surface area (Å²) < 4.78 is 5.93. The first-order valence-electron chi connectivity index (χ1n) is 5.66. The molecule has 2 unspecified atom stereocenters. The topological polar surface area (TPSA) is 21.3 Å². The third-order valence-corrected chi connectivity index (χ3v) is 2.91. The first-order chi connectivity index (χ1) is 6.35. The van der Waals surface area contributed by atoms with Gasteiger partial charge in [0.25, 0.3) is 0 Å². The molecule has 2 atom stereocenters. The quantitative estimate of drug-likeness (QED) is 0.738. The van der Waals surface area contributed by atoms with Crippen molar-refractivity contribution in [2.24, 2.45) is 5.41 Å². The minimum atomic E-state index is 0.0736. The van der Waals surface area contributed by atoms with Crippen molar-refractivity contribution in [3.05, 3.63) is 0 Å². The molecule has 0 spiro atoms. The predicted molar refractivity (Wildman–Crippen MR) is 60.5 cm³/mol. The molecule has 0 aliphatic carbocycles. The van der Waals surface area contributed by atoms with Crippen LogP contribution in [0.25, 0.3) is 0 Å². The van der Waals surface area contributed by atoms with Crippen LogP contribution in [0.5, 0.6) is 0 Å². The molecule has 0 aromatic carbocycles. The second kappa shape index (κ2) is 4.19. The van der Waals surface area contributed by atoms with Gasteiger partial charge in [-0.3, -0.25) is 0 Å². The minimum Gasteiger partial charge on any atom is -0.375 e. The maximum absolute atomic E-state index is 5.93. The highest BCUT2D eigenvalue weighted by atomic mass is 16.5. The number of hydrogen-bond donors (Lipinski definition) is 1. The van der Waals surface area contributed by atoms with Crippen LogP contribution >= 0.6 is 0 Å². The lowest BCUT2D eigenvalue weighted by atomic mass is 9.78. The molecule has 1 aliphatic heterocycles. The number of hydrogen-bond acceptors (Lipinski definition) is 2. The van der Waals surface area contributed by atoms with E-state index in [0.717, 1.165) is 25.9 Å². The number of nitrogens with one attached hydrogen (secondary N) is 1. The van der Waals surface area contributed by atoms with E-state index in [1.54, 1.807) is 0 Å². The Morgan fingerprint density at radius 3 is 2.57 bits per heavy atom. The molecule has 1 aliphatic rings. The minimum absolute atomic E-state index is 0.0736. The van der Waals surface area contributed by atoms with Gasteiger partial charge in [0.05, 0.1) is 5.60 Å². The van der Waals surface area contributed by atoms with E-state index in [1.165, 1.54) is 0 Å². The van der Waals surface area contributed by atoms with Gasteiger partial charge in [-0.1, -0.05) is 20.8 Å². The first kappa shape index (κ1) is 12.0. The van der Waals surface area contributed by atoms with Crippen molar-refractivity contribution >= 4 is 0 Å². The molecule has 1 rings (SSSR count). The molecular formula is C12H25NO. The molecule has 0 bridgehead atoms. The summed E-state index contributed by atoms with van der Waals surface area (Å²) in [6, 6.07) is 0.635. The van der Waals surface area contributed by atoms with Gasteiger partial charge in [-0.25, -0.2) is 0 Å². The third kappa shape index (κ3) is 3.58. The summed E-state index contributed by atoms with van der Waals surface area (Å²) in [4.78, 5) is 0. The second-order valence-electron chi connectivity index (χ2n) is 6.01. The van der Waals surface area contributed by atoms with Gasteiger partial charge in [0.2, 0.25) is 0 Å². The van der Waals surface area contributed by atoms with E-state index in [-0.39, 0.29) is 5.60 Å². The Morgan fingerprint density at radius 2 is 2.07 bits per heavy atom. The Hall–Kier alpha value is -0.0800. The van der Waals surface area contributed by atoms with E-state index in [2.05, 4.69) is 33.0 Å². The smallest absolute Gasteiger partial charge is 0.0674 e. The van der Waals surface area contributed by atoms with Crippen LogP contribution in [0, 0.1) is 5.41 Å². The first-order valence-corrected chi connectivity index (χ1v) is 5.66. The van der Waals surface area contributed by atoms with Gasteiger partial charge in [0.1, 0.15) is 0 Å². The van der Waals surface area contributed by atoms with Crippen LogP contribution < -0.4 is 5.32 Å². The normalized spacial score (nSPS) is 34.5. The monoisotopic (exact) mass is 199 g/mol. The molecule has 1 heterocycles. The summed E-state index contributed by atoms with van der Waals surface area (Å²) in [7, 11) is 2.05. The highest BCUT2D eigenvalue weighted by Gasteiger charge is 2.35. The van der Waals surface area contributed by atoms with E-state index >= 15 is 0 Å². The zero-order valence-corrected chi connectivity index (χ0v) is 10.3. The molecule has 2 heteroatoms. The molecular weight excluding hydrogens is 174 g/mol. The Bertz CT molecular complexity index is 185. The molecule has 0 aromatic heterocycles. The van der Waals surface area contributed by atoms with E-state index in [4.69, 9.17) is 4.74 Å². The second-order valence-corrected chi connectivity index (χ2v) is 6.01. The molecule has 84 valence electrons. The molecule has 1 saturated heterocycles. The van der Waals surface area contributed by atoms with Crippen molar-refractivity contribution in [2.75, 3.05) is 13.7 Å². The Balaban J connectivity index is 2.55. The number of rotatable bonds is 2. The van der Waals surface area contributed by atoms with Crippen LogP contribution in [0.2, 0.25) is 0 Å². The van der Waals surface area contributed by atoms with E-state index in [0.29, 0.717) is 11.5 Å². The van der Waals surface area contributed by atoms with Gasteiger partial charge in [0, 0.05) is 12.6 Å². The van der Waals surface area contributed by atoms with Crippen LogP contribution in [0.1, 0.15) is 47.0 Å². The largest absolute Gasteiger partial charge is 0.375 e. The maximum Gasteiger partial charge on any atom is 0.0674 e. The molecule has 2 nitrogen and oxygen atoms in total. The molecule has 0 amide bonds. The Morgan fingerprint density at radius 1 is 1.43 bits per heavy atom. The van der Waals surface area contributed by atoms with E-state index in [1.807, 2.05) is 7.05 Å². The van der Waals surface area contributed by atoms with Crippen molar-refractivity contribution in [3.63, 3.8) is 0 Å². The highest BCUT2D eigenvalue weighted by molar-refractivity contribution is 4.89. The van der Waals surface area contributed by atoms with Crippen LogP contribution in [0.3, 0.4) is 0 Å². The lowest BCUT2D eigenvalue weighted by Gasteiger charge is -2.41. The molecule has 14 heavy (non-hydrogen) atoms. The highest BCUT2D eigenvalue weighted by Crippen LogP contribution is 2.35. The summed E-state index contributed by atoms with van der Waals surface area (Å²) >= 11 is 0. The average molecular weight is 199 g/mol. The lowest BCUT2D eigenvalue weighted by Crippen LogP contribution is -2.46. The van der Waals surface area contributed by atoms with Gasteiger partial charge in [-0.05, 0) is 38.6 Å². The van der Waals surface area contributed by atoms with Crippen molar-refractivity contribution < 1.29 is 4.74 Å². The van der Waals surface area contributed by atoms with Gasteiger partial charge in [-0.2, -0.15) is 0 Å². The van der Waals surface area contributed by atoms with Crippen molar-refractivity contribution in [1.82, 2.24) is 5.32 Å². The summed E-state index contributed by atoms with van der Waals surface area (Å²) in [5, 5.41) is 3.36. The van der Waals surface area contributed by atoms with Crippen LogP contribution in [-0.4, -0.2) is 25.3 Å². The molecule has 0 aromatic rings. The lowest BCUT2D eigenvalue weighted by molar-refractivity contribution is -0.0955. The van der Waals surface area contributed by atoms with Gasteiger partial charge < -0.3 is 10.1 Å². The summed E-state index contributed by atoms with van der Waals surface area (Å²) in [5.41, 5.74) is 0.425. The molecule has 0 saturated carbocycles. The molecule has 0 radical (unpaired) electrons. The predicted octanol–water partition coefficient (Wildman–Crippen LogP) is 2.58. The number of ether oxygens (including phenoxy) is 1. The fourth-order valence-electron chi connectivity index (χ4n) is 2.62. The van der Waals surface area contributed by atoms with Gasteiger partial charge >= 0.3 is 0 Å². The molecule has 1 N–H and O–H groups in total. The standard InChI is InChI=1S/C12H25NO/c1-11(2,3)9-12(4)8-10(13-5)6-7-14-12/h10,13H,6-9H2,1-5H3. The van der Waals surface area contributed by atoms with Crippen molar-refractivity contribution in [1.29, 1.82) is 0 Å². The average Bonchev–Trinajstić information content (AvgIpc) is 1.99. The van der Waals surface area contributed by atoms with Crippen molar-refractivity contribution in [3.8, 4) is 0 Å². The molecule has 1 fully saturated rings. The fourth-order valence-corrected chi connectivity index (χ4v) is 2.62. The third-order valence-electron chi connectivity index (χ3n) is 2.91. The van der Waals surface area contributed by atoms with Crippen LogP contribution in [0.15, 0.2) is 0 Å². The zero-order chi connectivity index (χ0) is 10.8. The maximum atomic E-state index is 5.93. The summed E-state index contributed by atoms with van der Waals surface area (Å²) in [6.07, 6.45) is 3.43. The van der Waals surface area contributed by atoms with E-state index < -0.39 is 0 Å². The Labute approximate surface area is 88.4 Å². The fraction of sp³-hybridized carbons (Fsp3) is 1.00. The van der Waals surface area contributed by atoms with Crippen molar-refractivity contribution in [2.45, 2.75) is 58.6 Å². The zero-order valence-electron chi connectivity index (χ0n) is 10.3. The summed E-state index contributed by atoms with van der Waals surface area (Å²) in [5.74, 6) is 0.